The van der Waals surface area contributed by atoms with Crippen LogP contribution in [-0.2, 0) is 27.7 Å². The van der Waals surface area contributed by atoms with Crippen molar-refractivity contribution in [2.24, 2.45) is 0 Å². The molecular formula is C25H33N3O5S2. The zero-order valence-corrected chi connectivity index (χ0v) is 22.0. The molecule has 0 unspecified atom stereocenters. The molecule has 0 spiro atoms. The predicted molar refractivity (Wildman–Crippen MR) is 137 cm³/mol. The fourth-order valence-electron chi connectivity index (χ4n) is 4.62. The summed E-state index contributed by atoms with van der Waals surface area (Å²) in [5.74, 6) is -0.815. The number of nitrogens with one attached hydrogen (secondary N) is 1. The first-order valence-corrected chi connectivity index (χ1v) is 14.6. The van der Waals surface area contributed by atoms with E-state index in [2.05, 4.69) is 17.1 Å². The first-order chi connectivity index (χ1) is 16.8. The number of carbonyl (C=O) groups is 2. The summed E-state index contributed by atoms with van der Waals surface area (Å²) in [6.45, 7) is 7.68. The molecule has 10 heteroatoms. The summed E-state index contributed by atoms with van der Waals surface area (Å²) in [5, 5.41) is 3.37. The maximum absolute atomic E-state index is 13.1. The van der Waals surface area contributed by atoms with Gasteiger partial charge in [0.25, 0.3) is 5.91 Å². The second-order valence-electron chi connectivity index (χ2n) is 8.84. The Morgan fingerprint density at radius 2 is 1.71 bits per heavy atom. The van der Waals surface area contributed by atoms with E-state index in [1.807, 2.05) is 0 Å². The lowest BCUT2D eigenvalue weighted by Gasteiger charge is -2.25. The maximum Gasteiger partial charge on any atom is 0.341 e. The zero-order valence-electron chi connectivity index (χ0n) is 20.3. The molecule has 1 saturated heterocycles. The third kappa shape index (κ3) is 5.61. The number of hydrogen-bond donors (Lipinski definition) is 1. The van der Waals surface area contributed by atoms with E-state index < -0.39 is 16.0 Å². The molecule has 35 heavy (non-hydrogen) atoms. The van der Waals surface area contributed by atoms with Crippen molar-refractivity contribution in [3.05, 3.63) is 45.8 Å². The highest BCUT2D eigenvalue weighted by Gasteiger charge is 2.30. The van der Waals surface area contributed by atoms with Gasteiger partial charge in [0.05, 0.1) is 17.1 Å². The number of benzene rings is 1. The van der Waals surface area contributed by atoms with Crippen LogP contribution in [0.15, 0.2) is 29.2 Å². The summed E-state index contributed by atoms with van der Waals surface area (Å²) >= 11 is 1.41. The molecule has 1 N–H and O–H groups in total. The van der Waals surface area contributed by atoms with Crippen LogP contribution in [0.25, 0.3) is 0 Å². The van der Waals surface area contributed by atoms with Crippen molar-refractivity contribution in [1.82, 2.24) is 9.21 Å². The van der Waals surface area contributed by atoms with Gasteiger partial charge >= 0.3 is 5.97 Å². The number of sulfonamides is 1. The van der Waals surface area contributed by atoms with Crippen LogP contribution in [0.2, 0.25) is 0 Å². The number of rotatable bonds is 7. The first-order valence-electron chi connectivity index (χ1n) is 12.3. The number of anilines is 1. The molecule has 4 rings (SSSR count). The van der Waals surface area contributed by atoms with Gasteiger partial charge in [0, 0.05) is 36.6 Å². The van der Waals surface area contributed by atoms with Gasteiger partial charge in [0.15, 0.2) is 0 Å². The van der Waals surface area contributed by atoms with Crippen molar-refractivity contribution in [3.63, 3.8) is 0 Å². The Morgan fingerprint density at radius 1 is 1.03 bits per heavy atom. The third-order valence-electron chi connectivity index (χ3n) is 6.61. The normalized spacial score (nSPS) is 17.4. The summed E-state index contributed by atoms with van der Waals surface area (Å²) in [4.78, 5) is 29.4. The molecule has 0 saturated carbocycles. The second kappa shape index (κ2) is 11.2. The number of thiophene rings is 1. The first kappa shape index (κ1) is 25.8. The van der Waals surface area contributed by atoms with Crippen LogP contribution in [0.4, 0.5) is 5.00 Å². The quantitative estimate of drug-likeness (QED) is 0.553. The third-order valence-corrected chi connectivity index (χ3v) is 9.65. The van der Waals surface area contributed by atoms with Crippen LogP contribution < -0.4 is 5.32 Å². The van der Waals surface area contributed by atoms with E-state index in [-0.39, 0.29) is 17.4 Å². The van der Waals surface area contributed by atoms with Crippen molar-refractivity contribution in [3.8, 4) is 0 Å². The van der Waals surface area contributed by atoms with Gasteiger partial charge in [-0.3, -0.25) is 9.69 Å². The number of hydrogen-bond acceptors (Lipinski definition) is 7. The van der Waals surface area contributed by atoms with Crippen molar-refractivity contribution in [2.45, 2.75) is 57.4 Å². The van der Waals surface area contributed by atoms with Gasteiger partial charge in [-0.05, 0) is 62.6 Å². The van der Waals surface area contributed by atoms with Crippen LogP contribution in [0.3, 0.4) is 0 Å². The van der Waals surface area contributed by atoms with Crippen molar-refractivity contribution < 1.29 is 22.7 Å². The van der Waals surface area contributed by atoms with Gasteiger partial charge in [-0.2, -0.15) is 4.31 Å². The summed E-state index contributed by atoms with van der Waals surface area (Å²) in [7, 11) is -3.58. The molecule has 0 aliphatic carbocycles. The average Bonchev–Trinajstić information content (AvgIpc) is 3.00. The van der Waals surface area contributed by atoms with E-state index in [1.165, 1.54) is 39.9 Å². The number of likely N-dealkylation sites (N-methyl/N-ethyl adjacent to an activating group) is 1. The van der Waals surface area contributed by atoms with E-state index in [0.29, 0.717) is 29.2 Å². The molecular weight excluding hydrogens is 486 g/mol. The zero-order chi connectivity index (χ0) is 25.0. The lowest BCUT2D eigenvalue weighted by Crippen LogP contribution is -2.31. The molecule has 190 valence electrons. The monoisotopic (exact) mass is 519 g/mol. The number of fused-ring (bicyclic) bond motifs is 1. The highest BCUT2D eigenvalue weighted by molar-refractivity contribution is 7.89. The average molecular weight is 520 g/mol. The molecule has 0 bridgehead atoms. The molecule has 1 aromatic carbocycles. The number of esters is 1. The predicted octanol–water partition coefficient (Wildman–Crippen LogP) is 4.12. The smallest absolute Gasteiger partial charge is 0.341 e. The van der Waals surface area contributed by atoms with Gasteiger partial charge in [0.1, 0.15) is 5.00 Å². The van der Waals surface area contributed by atoms with Crippen LogP contribution >= 0.6 is 11.3 Å². The Hall–Kier alpha value is -2.27. The fourth-order valence-corrected chi connectivity index (χ4v) is 7.41. The largest absolute Gasteiger partial charge is 0.462 e. The SMILES string of the molecule is CCOC(=O)c1c(NC(=O)c2ccc(S(=O)(=O)N3CCCCCC3)cc2)sc2c1CCN(CC)C2. The molecule has 0 radical (unpaired) electrons. The summed E-state index contributed by atoms with van der Waals surface area (Å²) in [6, 6.07) is 6.02. The van der Waals surface area contributed by atoms with Gasteiger partial charge in [0.2, 0.25) is 10.0 Å². The molecule has 1 amide bonds. The highest BCUT2D eigenvalue weighted by atomic mass is 32.2. The molecule has 2 aliphatic heterocycles. The van der Waals surface area contributed by atoms with E-state index >= 15 is 0 Å². The van der Waals surface area contributed by atoms with Crippen LogP contribution in [0.1, 0.15) is 70.7 Å². The minimum Gasteiger partial charge on any atom is -0.462 e. The number of ether oxygens (including phenoxy) is 1. The number of nitrogens with zero attached hydrogens (tertiary/aromatic N) is 2. The number of carbonyl (C=O) groups excluding carboxylic acids is 2. The second-order valence-corrected chi connectivity index (χ2v) is 11.9. The van der Waals surface area contributed by atoms with Crippen LogP contribution in [0, 0.1) is 0 Å². The molecule has 1 aromatic heterocycles. The Bertz CT molecular complexity index is 1170. The van der Waals surface area contributed by atoms with Gasteiger partial charge in [-0.25, -0.2) is 13.2 Å². The van der Waals surface area contributed by atoms with Gasteiger partial charge in [-0.15, -0.1) is 11.3 Å². The van der Waals surface area contributed by atoms with Gasteiger partial charge in [-0.1, -0.05) is 19.8 Å². The Kier molecular flexibility index (Phi) is 8.26. The van der Waals surface area contributed by atoms with E-state index in [0.717, 1.165) is 62.2 Å². The van der Waals surface area contributed by atoms with Crippen molar-refractivity contribution >= 4 is 38.2 Å². The lowest BCUT2D eigenvalue weighted by molar-refractivity contribution is 0.0526. The molecule has 2 aliphatic rings. The standard InChI is InChI=1S/C25H33N3O5S2/c1-3-27-16-13-20-21(17-27)34-24(22(20)25(30)33-4-2)26-23(29)18-9-11-19(12-10-18)35(31,32)28-14-7-5-6-8-15-28/h9-12H,3-8,13-17H2,1-2H3,(H,26,29). The van der Waals surface area contributed by atoms with E-state index in [9.17, 15) is 18.0 Å². The number of amides is 1. The Balaban J connectivity index is 1.55. The van der Waals surface area contributed by atoms with Crippen LogP contribution in [0.5, 0.6) is 0 Å². The maximum atomic E-state index is 13.1. The van der Waals surface area contributed by atoms with Gasteiger partial charge < -0.3 is 10.1 Å². The molecule has 0 atom stereocenters. The Labute approximate surface area is 211 Å². The molecule has 1 fully saturated rings. The summed E-state index contributed by atoms with van der Waals surface area (Å²) in [5.41, 5.74) is 1.72. The molecule has 3 heterocycles. The summed E-state index contributed by atoms with van der Waals surface area (Å²) in [6.07, 6.45) is 4.54. The minimum absolute atomic E-state index is 0.189. The lowest BCUT2D eigenvalue weighted by atomic mass is 10.0. The minimum atomic E-state index is -3.58. The fraction of sp³-hybridized carbons (Fsp3) is 0.520. The van der Waals surface area contributed by atoms with Crippen molar-refractivity contribution in [1.29, 1.82) is 0 Å². The highest BCUT2D eigenvalue weighted by Crippen LogP contribution is 2.38. The molecule has 2 aromatic rings. The Morgan fingerprint density at radius 3 is 2.34 bits per heavy atom. The van der Waals surface area contributed by atoms with Crippen molar-refractivity contribution in [2.75, 3.05) is 38.1 Å². The van der Waals surface area contributed by atoms with E-state index in [1.54, 1.807) is 6.92 Å². The van der Waals surface area contributed by atoms with Crippen LogP contribution in [-0.4, -0.2) is 62.3 Å². The topological polar surface area (TPSA) is 96.0 Å². The molecule has 8 nitrogen and oxygen atoms in total. The summed E-state index contributed by atoms with van der Waals surface area (Å²) < 4.78 is 32.9. The van der Waals surface area contributed by atoms with E-state index in [4.69, 9.17) is 4.74 Å².